The van der Waals surface area contributed by atoms with E-state index in [1.165, 1.54) is 33.3 Å². The second-order valence-electron chi connectivity index (χ2n) is 7.32. The first-order chi connectivity index (χ1) is 11.0. The Bertz CT molecular complexity index is 875. The first-order valence-electron chi connectivity index (χ1n) is 8.50. The maximum absolute atomic E-state index is 4.66. The number of nitrogens with zero attached hydrogens (tertiary/aromatic N) is 2. The van der Waals surface area contributed by atoms with Gasteiger partial charge in [0.25, 0.3) is 0 Å². The minimum atomic E-state index is -0.0423. The Morgan fingerprint density at radius 2 is 2.22 bits per heavy atom. The lowest BCUT2D eigenvalue weighted by atomic mass is 9.70. The zero-order valence-electron chi connectivity index (χ0n) is 14.4. The zero-order valence-corrected chi connectivity index (χ0v) is 14.4. The van der Waals surface area contributed by atoms with Crippen LogP contribution < -0.4 is 0 Å². The lowest BCUT2D eigenvalue weighted by Gasteiger charge is -2.36. The molecule has 2 heteroatoms. The summed E-state index contributed by atoms with van der Waals surface area (Å²) in [6, 6.07) is 7.02. The Kier molecular flexibility index (Phi) is 3.12. The van der Waals surface area contributed by atoms with Crippen molar-refractivity contribution in [2.75, 3.05) is 6.54 Å². The maximum Gasteiger partial charge on any atom is 0.0570 e. The summed E-state index contributed by atoms with van der Waals surface area (Å²) in [6.07, 6.45) is 8.96. The monoisotopic (exact) mass is 304 g/mol. The van der Waals surface area contributed by atoms with E-state index in [1.54, 1.807) is 0 Å². The molecular formula is C21H24N2. The predicted molar refractivity (Wildman–Crippen MR) is 99.5 cm³/mol. The van der Waals surface area contributed by atoms with Gasteiger partial charge in [-0.2, -0.15) is 0 Å². The average molecular weight is 304 g/mol. The van der Waals surface area contributed by atoms with Gasteiger partial charge in [-0.15, -0.1) is 0 Å². The summed E-state index contributed by atoms with van der Waals surface area (Å²) < 4.78 is 2.49. The Morgan fingerprint density at radius 1 is 1.39 bits per heavy atom. The lowest BCUT2D eigenvalue weighted by Crippen LogP contribution is -2.33. The summed E-state index contributed by atoms with van der Waals surface area (Å²) in [4.78, 5) is 4.66. The van der Waals surface area contributed by atoms with Crippen LogP contribution in [0.25, 0.3) is 17.0 Å². The molecule has 0 amide bonds. The summed E-state index contributed by atoms with van der Waals surface area (Å²) in [7, 11) is 0. The number of fused-ring (bicyclic) bond motifs is 1. The van der Waals surface area contributed by atoms with Gasteiger partial charge in [0.2, 0.25) is 0 Å². The van der Waals surface area contributed by atoms with Gasteiger partial charge in [-0.05, 0) is 44.0 Å². The molecule has 0 N–H and O–H groups in total. The molecule has 1 aliphatic heterocycles. The van der Waals surface area contributed by atoms with E-state index in [1.807, 2.05) is 0 Å². The lowest BCUT2D eigenvalue weighted by molar-refractivity contribution is 0.505. The number of aromatic nitrogens is 1. The van der Waals surface area contributed by atoms with Gasteiger partial charge in [0.15, 0.2) is 0 Å². The summed E-state index contributed by atoms with van der Waals surface area (Å²) in [5.74, 6) is 0.410. The van der Waals surface area contributed by atoms with Gasteiger partial charge in [-0.3, -0.25) is 4.99 Å². The topological polar surface area (TPSA) is 17.3 Å². The number of rotatable bonds is 2. The van der Waals surface area contributed by atoms with Crippen molar-refractivity contribution >= 4 is 23.2 Å². The van der Waals surface area contributed by atoms with Crippen molar-refractivity contribution in [1.29, 1.82) is 0 Å². The molecule has 0 spiro atoms. The first-order valence-corrected chi connectivity index (χ1v) is 8.50. The number of hydrogen-bond donors (Lipinski definition) is 0. The molecule has 2 aromatic rings. The number of benzene rings is 1. The maximum atomic E-state index is 4.66. The van der Waals surface area contributed by atoms with Gasteiger partial charge in [0.1, 0.15) is 0 Å². The smallest absolute Gasteiger partial charge is 0.0570 e. The number of hydrogen-bond acceptors (Lipinski definition) is 1. The van der Waals surface area contributed by atoms with Crippen LogP contribution in [0.1, 0.15) is 50.4 Å². The molecule has 118 valence electrons. The van der Waals surface area contributed by atoms with Crippen LogP contribution in [0.3, 0.4) is 0 Å². The first kappa shape index (κ1) is 14.5. The third-order valence-corrected chi connectivity index (χ3v) is 5.62. The Hall–Kier alpha value is -2.09. The minimum absolute atomic E-state index is 0.0423. The molecule has 0 radical (unpaired) electrons. The molecule has 0 saturated carbocycles. The third kappa shape index (κ3) is 1.97. The normalized spacial score (nSPS) is 24.8. The van der Waals surface area contributed by atoms with Gasteiger partial charge in [0, 0.05) is 40.7 Å². The summed E-state index contributed by atoms with van der Waals surface area (Å²) >= 11 is 0. The molecule has 1 aromatic carbocycles. The van der Waals surface area contributed by atoms with Gasteiger partial charge in [-0.1, -0.05) is 36.8 Å². The fourth-order valence-electron chi connectivity index (χ4n) is 4.06. The van der Waals surface area contributed by atoms with Crippen molar-refractivity contribution < 1.29 is 0 Å². The van der Waals surface area contributed by atoms with Gasteiger partial charge >= 0.3 is 0 Å². The summed E-state index contributed by atoms with van der Waals surface area (Å²) in [6.45, 7) is 10.8. The molecule has 2 atom stereocenters. The standard InChI is InChI=1S/C21H24N2/c1-14(2)9-11-23-19-8-7-18-16-6-5-10-22-13-21(18,4)15(3)20(23)12-17(16)19/h5-9,12-13,15H,10-11H2,1-4H3. The summed E-state index contributed by atoms with van der Waals surface area (Å²) in [5, 5.41) is 1.39. The highest BCUT2D eigenvalue weighted by atomic mass is 15.0. The quantitative estimate of drug-likeness (QED) is 0.688. The Labute approximate surface area is 138 Å². The molecule has 5 bridgehead atoms. The molecule has 4 rings (SSSR count). The molecule has 2 unspecified atom stereocenters. The van der Waals surface area contributed by atoms with Crippen LogP contribution in [0.5, 0.6) is 0 Å². The van der Waals surface area contributed by atoms with E-state index in [9.17, 15) is 0 Å². The molecule has 1 aromatic heterocycles. The van der Waals surface area contributed by atoms with Crippen molar-refractivity contribution in [2.24, 2.45) is 4.99 Å². The highest BCUT2D eigenvalue weighted by Gasteiger charge is 2.39. The van der Waals surface area contributed by atoms with Crippen LogP contribution >= 0.6 is 0 Å². The molecule has 0 fully saturated rings. The molecule has 23 heavy (non-hydrogen) atoms. The summed E-state index contributed by atoms with van der Waals surface area (Å²) in [5.41, 5.74) is 6.90. The van der Waals surface area contributed by atoms with Gasteiger partial charge in [0.05, 0.1) is 6.54 Å². The van der Waals surface area contributed by atoms with Gasteiger partial charge < -0.3 is 4.57 Å². The van der Waals surface area contributed by atoms with Crippen LogP contribution in [0.15, 0.2) is 40.9 Å². The van der Waals surface area contributed by atoms with Crippen LogP contribution in [-0.2, 0) is 12.0 Å². The van der Waals surface area contributed by atoms with Crippen LogP contribution in [0, 0.1) is 0 Å². The molecule has 2 heterocycles. The molecular weight excluding hydrogens is 280 g/mol. The second kappa shape index (κ2) is 4.95. The highest BCUT2D eigenvalue weighted by Crippen LogP contribution is 2.47. The van der Waals surface area contributed by atoms with E-state index >= 15 is 0 Å². The third-order valence-electron chi connectivity index (χ3n) is 5.62. The van der Waals surface area contributed by atoms with E-state index in [4.69, 9.17) is 0 Å². The number of allylic oxidation sites excluding steroid dienone is 2. The van der Waals surface area contributed by atoms with E-state index < -0.39 is 0 Å². The van der Waals surface area contributed by atoms with Crippen molar-refractivity contribution in [3.05, 3.63) is 52.7 Å². The fraction of sp³-hybridized carbons (Fsp3) is 0.381. The van der Waals surface area contributed by atoms with Crippen molar-refractivity contribution in [2.45, 2.75) is 45.6 Å². The van der Waals surface area contributed by atoms with Gasteiger partial charge in [-0.25, -0.2) is 0 Å². The molecule has 2 nitrogen and oxygen atoms in total. The molecule has 2 aliphatic rings. The zero-order chi connectivity index (χ0) is 16.2. The van der Waals surface area contributed by atoms with E-state index in [2.05, 4.69) is 79.9 Å². The Balaban J connectivity index is 2.07. The van der Waals surface area contributed by atoms with Crippen LogP contribution in [-0.4, -0.2) is 17.3 Å². The van der Waals surface area contributed by atoms with Crippen LogP contribution in [0.2, 0.25) is 0 Å². The number of aliphatic imine (C=N–C) groups is 1. The second-order valence-corrected chi connectivity index (χ2v) is 7.32. The van der Waals surface area contributed by atoms with Crippen molar-refractivity contribution in [3.8, 4) is 0 Å². The van der Waals surface area contributed by atoms with E-state index in [-0.39, 0.29) is 5.41 Å². The average Bonchev–Trinajstić information content (AvgIpc) is 2.85. The van der Waals surface area contributed by atoms with E-state index in [0.29, 0.717) is 5.92 Å². The Morgan fingerprint density at radius 3 is 3.00 bits per heavy atom. The van der Waals surface area contributed by atoms with Crippen molar-refractivity contribution in [3.63, 3.8) is 0 Å². The van der Waals surface area contributed by atoms with Crippen LogP contribution in [0.4, 0.5) is 0 Å². The minimum Gasteiger partial charge on any atom is -0.340 e. The van der Waals surface area contributed by atoms with Crippen molar-refractivity contribution in [1.82, 2.24) is 4.57 Å². The molecule has 0 saturated heterocycles. The SMILES string of the molecule is CC(C)=CCn1c2cc3c4c(ccc31)C(C)(C=NCC=C4)C2C. The molecule has 1 aliphatic carbocycles. The highest BCUT2D eigenvalue weighted by molar-refractivity contribution is 5.96. The van der Waals surface area contributed by atoms with E-state index in [0.717, 1.165) is 13.1 Å². The largest absolute Gasteiger partial charge is 0.340 e. The predicted octanol–water partition coefficient (Wildman–Crippen LogP) is 5.08. The fourth-order valence-corrected chi connectivity index (χ4v) is 4.06.